The van der Waals surface area contributed by atoms with Gasteiger partial charge in [0.05, 0.1) is 17.8 Å². The average Bonchev–Trinajstić information content (AvgIpc) is 2.74. The van der Waals surface area contributed by atoms with Crippen molar-refractivity contribution in [1.82, 2.24) is 9.78 Å². The Bertz CT molecular complexity index is 578. The minimum atomic E-state index is -0.0392. The summed E-state index contributed by atoms with van der Waals surface area (Å²) in [6, 6.07) is 6.85. The number of aromatic nitrogens is 2. The molecule has 94 valence electrons. The summed E-state index contributed by atoms with van der Waals surface area (Å²) >= 11 is 5.98. The highest BCUT2D eigenvalue weighted by Crippen LogP contribution is 2.25. The van der Waals surface area contributed by atoms with Gasteiger partial charge in [-0.3, -0.25) is 9.48 Å². The molecule has 0 amide bonds. The molecule has 0 atom stereocenters. The quantitative estimate of drug-likeness (QED) is 0.798. The third-order valence-corrected chi connectivity index (χ3v) is 2.85. The number of carbonyl (C=O) groups excluding carboxylic acids is 1. The lowest BCUT2D eigenvalue weighted by Crippen LogP contribution is -2.11. The van der Waals surface area contributed by atoms with Gasteiger partial charge in [0.2, 0.25) is 0 Å². The van der Waals surface area contributed by atoms with Crippen LogP contribution in [0.15, 0.2) is 30.5 Å². The summed E-state index contributed by atoms with van der Waals surface area (Å²) < 4.78 is 6.65. The van der Waals surface area contributed by atoms with Gasteiger partial charge in [-0.05, 0) is 31.2 Å². The lowest BCUT2D eigenvalue weighted by molar-refractivity contribution is 0.0967. The third kappa shape index (κ3) is 2.71. The number of Topliss-reactive ketones (excluding diaryl/α,β-unsaturated/α-hetero) is 1. The minimum Gasteiger partial charge on any atom is -0.495 e. The molecule has 0 bridgehead atoms. The van der Waals surface area contributed by atoms with Crippen molar-refractivity contribution in [3.63, 3.8) is 0 Å². The first-order chi connectivity index (χ1) is 8.60. The molecule has 0 N–H and O–H groups in total. The zero-order valence-corrected chi connectivity index (χ0v) is 10.9. The van der Waals surface area contributed by atoms with Crippen molar-refractivity contribution in [3.05, 3.63) is 46.7 Å². The van der Waals surface area contributed by atoms with Crippen molar-refractivity contribution in [2.75, 3.05) is 7.11 Å². The number of benzene rings is 1. The molecule has 0 saturated carbocycles. The first-order valence-electron chi connectivity index (χ1n) is 5.47. The molecule has 0 aliphatic heterocycles. The fraction of sp³-hybridized carbons (Fsp3) is 0.231. The van der Waals surface area contributed by atoms with Crippen LogP contribution < -0.4 is 4.74 Å². The minimum absolute atomic E-state index is 0.0392. The van der Waals surface area contributed by atoms with Crippen LogP contribution in [0.1, 0.15) is 16.1 Å². The van der Waals surface area contributed by atoms with Gasteiger partial charge in [-0.25, -0.2) is 0 Å². The zero-order chi connectivity index (χ0) is 13.1. The predicted molar refractivity (Wildman–Crippen MR) is 69.3 cm³/mol. The van der Waals surface area contributed by atoms with E-state index in [1.807, 2.05) is 13.0 Å². The second kappa shape index (κ2) is 5.23. The molecular weight excluding hydrogens is 252 g/mol. The Balaban J connectivity index is 2.16. The molecule has 4 nitrogen and oxygen atoms in total. The number of halogens is 1. The monoisotopic (exact) mass is 264 g/mol. The number of methoxy groups -OCH3 is 1. The summed E-state index contributed by atoms with van der Waals surface area (Å²) in [5.74, 6) is 0.519. The van der Waals surface area contributed by atoms with Gasteiger partial charge in [-0.1, -0.05) is 11.6 Å². The Kier molecular flexibility index (Phi) is 3.67. The molecule has 0 saturated heterocycles. The Morgan fingerprint density at radius 2 is 2.22 bits per heavy atom. The van der Waals surface area contributed by atoms with E-state index in [0.29, 0.717) is 16.3 Å². The summed E-state index contributed by atoms with van der Waals surface area (Å²) in [4.78, 5) is 12.0. The van der Waals surface area contributed by atoms with Gasteiger partial charge in [0.15, 0.2) is 5.78 Å². The number of hydrogen-bond acceptors (Lipinski definition) is 3. The largest absolute Gasteiger partial charge is 0.495 e. The molecular formula is C13H13ClN2O2. The number of hydrogen-bond donors (Lipinski definition) is 0. The first-order valence-corrected chi connectivity index (χ1v) is 5.85. The van der Waals surface area contributed by atoms with Gasteiger partial charge in [-0.15, -0.1) is 0 Å². The average molecular weight is 265 g/mol. The molecule has 0 radical (unpaired) electrons. The summed E-state index contributed by atoms with van der Waals surface area (Å²) in [5, 5.41) is 4.60. The normalized spacial score (nSPS) is 10.4. The standard InChI is InChI=1S/C13H13ClN2O2/c1-9-5-6-16(15-9)8-12(17)10-3-4-13(18-2)11(14)7-10/h3-7H,8H2,1-2H3. The van der Waals surface area contributed by atoms with Gasteiger partial charge < -0.3 is 4.74 Å². The van der Waals surface area contributed by atoms with Gasteiger partial charge >= 0.3 is 0 Å². The van der Waals surface area contributed by atoms with Gasteiger partial charge in [0, 0.05) is 11.8 Å². The van der Waals surface area contributed by atoms with E-state index in [-0.39, 0.29) is 12.3 Å². The maximum atomic E-state index is 12.0. The summed E-state index contributed by atoms with van der Waals surface area (Å²) in [5.41, 5.74) is 1.43. The van der Waals surface area contributed by atoms with Crippen LogP contribution in [0.5, 0.6) is 5.75 Å². The van der Waals surface area contributed by atoms with E-state index >= 15 is 0 Å². The van der Waals surface area contributed by atoms with E-state index in [2.05, 4.69) is 5.10 Å². The molecule has 0 aliphatic rings. The smallest absolute Gasteiger partial charge is 0.184 e. The summed E-state index contributed by atoms with van der Waals surface area (Å²) in [6.07, 6.45) is 1.78. The van der Waals surface area contributed by atoms with Crippen molar-refractivity contribution in [1.29, 1.82) is 0 Å². The molecule has 5 heteroatoms. The first kappa shape index (κ1) is 12.6. The van der Waals surface area contributed by atoms with E-state index in [1.54, 1.807) is 29.1 Å². The molecule has 0 unspecified atom stereocenters. The zero-order valence-electron chi connectivity index (χ0n) is 10.2. The molecule has 18 heavy (non-hydrogen) atoms. The summed E-state index contributed by atoms with van der Waals surface area (Å²) in [7, 11) is 1.54. The fourth-order valence-corrected chi connectivity index (χ4v) is 1.89. The highest BCUT2D eigenvalue weighted by molar-refractivity contribution is 6.32. The van der Waals surface area contributed by atoms with Crippen molar-refractivity contribution < 1.29 is 9.53 Å². The number of rotatable bonds is 4. The predicted octanol–water partition coefficient (Wildman–Crippen LogP) is 2.74. The molecule has 1 aromatic carbocycles. The molecule has 0 aliphatic carbocycles. The molecule has 1 heterocycles. The molecule has 0 fully saturated rings. The Morgan fingerprint density at radius 1 is 1.44 bits per heavy atom. The highest BCUT2D eigenvalue weighted by Gasteiger charge is 2.10. The number of ketones is 1. The number of aryl methyl sites for hydroxylation is 1. The molecule has 1 aromatic heterocycles. The van der Waals surface area contributed by atoms with Crippen molar-refractivity contribution in [2.45, 2.75) is 13.5 Å². The van der Waals surface area contributed by atoms with E-state index in [9.17, 15) is 4.79 Å². The van der Waals surface area contributed by atoms with E-state index in [4.69, 9.17) is 16.3 Å². The van der Waals surface area contributed by atoms with Crippen LogP contribution in [-0.4, -0.2) is 22.7 Å². The number of carbonyl (C=O) groups is 1. The SMILES string of the molecule is COc1ccc(C(=O)Cn2ccc(C)n2)cc1Cl. The van der Waals surface area contributed by atoms with Crippen LogP contribution in [0.2, 0.25) is 5.02 Å². The van der Waals surface area contributed by atoms with Crippen LogP contribution in [-0.2, 0) is 6.54 Å². The van der Waals surface area contributed by atoms with Crippen molar-refractivity contribution in [2.24, 2.45) is 0 Å². The van der Waals surface area contributed by atoms with E-state index < -0.39 is 0 Å². The second-order valence-corrected chi connectivity index (χ2v) is 4.33. The number of nitrogens with zero attached hydrogens (tertiary/aromatic N) is 2. The van der Waals surface area contributed by atoms with Crippen LogP contribution in [0.3, 0.4) is 0 Å². The maximum absolute atomic E-state index is 12.0. The van der Waals surface area contributed by atoms with Crippen LogP contribution in [0, 0.1) is 6.92 Å². The van der Waals surface area contributed by atoms with Gasteiger partial charge in [0.1, 0.15) is 12.3 Å². The lowest BCUT2D eigenvalue weighted by Gasteiger charge is -2.05. The Labute approximate surface area is 110 Å². The van der Waals surface area contributed by atoms with Gasteiger partial charge in [0.25, 0.3) is 0 Å². The second-order valence-electron chi connectivity index (χ2n) is 3.93. The summed E-state index contributed by atoms with van der Waals surface area (Å²) in [6.45, 7) is 2.09. The van der Waals surface area contributed by atoms with Gasteiger partial charge in [-0.2, -0.15) is 5.10 Å². The highest BCUT2D eigenvalue weighted by atomic mass is 35.5. The third-order valence-electron chi connectivity index (χ3n) is 2.55. The van der Waals surface area contributed by atoms with Crippen molar-refractivity contribution >= 4 is 17.4 Å². The van der Waals surface area contributed by atoms with E-state index in [1.165, 1.54) is 7.11 Å². The molecule has 0 spiro atoms. The fourth-order valence-electron chi connectivity index (χ4n) is 1.63. The Hall–Kier alpha value is -1.81. The maximum Gasteiger partial charge on any atom is 0.184 e. The lowest BCUT2D eigenvalue weighted by atomic mass is 10.1. The van der Waals surface area contributed by atoms with Crippen LogP contribution in [0.25, 0.3) is 0 Å². The Morgan fingerprint density at radius 3 is 2.78 bits per heavy atom. The number of ether oxygens (including phenoxy) is 1. The van der Waals surface area contributed by atoms with Crippen LogP contribution >= 0.6 is 11.6 Å². The molecule has 2 rings (SSSR count). The molecule has 2 aromatic rings. The van der Waals surface area contributed by atoms with E-state index in [0.717, 1.165) is 5.69 Å². The van der Waals surface area contributed by atoms with Crippen LogP contribution in [0.4, 0.5) is 0 Å². The topological polar surface area (TPSA) is 44.1 Å². The van der Waals surface area contributed by atoms with Crippen molar-refractivity contribution in [3.8, 4) is 5.75 Å².